The van der Waals surface area contributed by atoms with E-state index in [1.165, 1.54) is 12.8 Å². The van der Waals surface area contributed by atoms with Crippen LogP contribution in [-0.4, -0.2) is 48.5 Å². The summed E-state index contributed by atoms with van der Waals surface area (Å²) in [5.74, 6) is 1.05. The summed E-state index contributed by atoms with van der Waals surface area (Å²) in [6, 6.07) is 5.81. The van der Waals surface area contributed by atoms with Crippen molar-refractivity contribution in [2.24, 2.45) is 16.6 Å². The molecule has 1 aliphatic rings. The van der Waals surface area contributed by atoms with Crippen LogP contribution in [0.1, 0.15) is 18.5 Å². The van der Waals surface area contributed by atoms with Gasteiger partial charge in [-0.05, 0) is 30.9 Å². The highest BCUT2D eigenvalue weighted by atomic mass is 16.5. The van der Waals surface area contributed by atoms with Gasteiger partial charge in [0, 0.05) is 31.5 Å². The summed E-state index contributed by atoms with van der Waals surface area (Å²) in [5, 5.41) is 12.7. The Bertz CT molecular complexity index is 435. The van der Waals surface area contributed by atoms with Gasteiger partial charge in [0.1, 0.15) is 0 Å². The van der Waals surface area contributed by atoms with Crippen molar-refractivity contribution in [1.29, 1.82) is 0 Å². The van der Waals surface area contributed by atoms with Crippen LogP contribution in [0.5, 0.6) is 0 Å². The number of rotatable bonds is 9. The molecule has 1 saturated carbocycles. The molecule has 0 aromatic carbocycles. The fourth-order valence-electron chi connectivity index (χ4n) is 1.83. The number of aliphatic hydroxyl groups is 1. The molecule has 0 bridgehead atoms. The number of ether oxygens (including phenoxy) is 1. The van der Waals surface area contributed by atoms with E-state index in [0.717, 1.165) is 18.7 Å². The standard InChI is InChI=1S/C15H24N4O2/c16-15(18-8-6-13-3-1-2-7-17-13)19-9-14(20)11-21-10-12-4-5-12/h1-3,7,12,14,20H,4-6,8-11H2,(H3,16,18,19). The van der Waals surface area contributed by atoms with Crippen molar-refractivity contribution in [2.75, 3.05) is 26.3 Å². The first-order chi connectivity index (χ1) is 10.2. The first kappa shape index (κ1) is 15.7. The number of hydrogen-bond donors (Lipinski definition) is 3. The molecule has 1 aliphatic carbocycles. The molecule has 1 unspecified atom stereocenters. The molecule has 1 aromatic heterocycles. The lowest BCUT2D eigenvalue weighted by molar-refractivity contribution is 0.0368. The zero-order valence-corrected chi connectivity index (χ0v) is 12.2. The SMILES string of the molecule is NC(=NCC(O)COCC1CC1)NCCc1ccccn1. The van der Waals surface area contributed by atoms with E-state index in [0.29, 0.717) is 25.0 Å². The van der Waals surface area contributed by atoms with Crippen LogP contribution in [0.3, 0.4) is 0 Å². The third kappa shape index (κ3) is 7.06. The molecule has 6 heteroatoms. The van der Waals surface area contributed by atoms with Crippen molar-refractivity contribution in [3.05, 3.63) is 30.1 Å². The Morgan fingerprint density at radius 3 is 3.10 bits per heavy atom. The number of aliphatic imine (C=N–C) groups is 1. The van der Waals surface area contributed by atoms with Gasteiger partial charge in [0.05, 0.1) is 19.3 Å². The average molecular weight is 292 g/mol. The van der Waals surface area contributed by atoms with Crippen molar-refractivity contribution in [3.8, 4) is 0 Å². The molecule has 116 valence electrons. The molecular weight excluding hydrogens is 268 g/mol. The minimum Gasteiger partial charge on any atom is -0.389 e. The average Bonchev–Trinajstić information content (AvgIpc) is 3.30. The Labute approximate surface area is 125 Å². The summed E-state index contributed by atoms with van der Waals surface area (Å²) < 4.78 is 5.40. The second kappa shape index (κ2) is 8.59. The first-order valence-electron chi connectivity index (χ1n) is 7.43. The molecule has 1 aromatic rings. The number of nitrogens with two attached hydrogens (primary N) is 1. The van der Waals surface area contributed by atoms with E-state index in [1.54, 1.807) is 6.20 Å². The molecule has 1 heterocycles. The highest BCUT2D eigenvalue weighted by Crippen LogP contribution is 2.28. The molecule has 0 radical (unpaired) electrons. The summed E-state index contributed by atoms with van der Waals surface area (Å²) >= 11 is 0. The van der Waals surface area contributed by atoms with Gasteiger partial charge in [-0.1, -0.05) is 6.07 Å². The topological polar surface area (TPSA) is 92.8 Å². The Kier molecular flexibility index (Phi) is 6.43. The van der Waals surface area contributed by atoms with E-state index in [4.69, 9.17) is 10.5 Å². The number of pyridine rings is 1. The third-order valence-electron chi connectivity index (χ3n) is 3.25. The predicted molar refractivity (Wildman–Crippen MR) is 82.0 cm³/mol. The van der Waals surface area contributed by atoms with Gasteiger partial charge in [-0.15, -0.1) is 0 Å². The van der Waals surface area contributed by atoms with E-state index in [2.05, 4.69) is 15.3 Å². The van der Waals surface area contributed by atoms with Gasteiger partial charge in [-0.2, -0.15) is 0 Å². The van der Waals surface area contributed by atoms with Crippen LogP contribution in [0, 0.1) is 5.92 Å². The lowest BCUT2D eigenvalue weighted by atomic mass is 10.3. The molecule has 6 nitrogen and oxygen atoms in total. The van der Waals surface area contributed by atoms with E-state index in [9.17, 15) is 5.11 Å². The fraction of sp³-hybridized carbons (Fsp3) is 0.600. The van der Waals surface area contributed by atoms with Gasteiger partial charge in [0.2, 0.25) is 0 Å². The number of aromatic nitrogens is 1. The van der Waals surface area contributed by atoms with Gasteiger partial charge < -0.3 is 20.9 Å². The summed E-state index contributed by atoms with van der Waals surface area (Å²) in [7, 11) is 0. The molecule has 0 amide bonds. The lowest BCUT2D eigenvalue weighted by Crippen LogP contribution is -2.34. The maximum absolute atomic E-state index is 9.71. The van der Waals surface area contributed by atoms with Crippen LogP contribution in [0.4, 0.5) is 0 Å². The number of nitrogens with one attached hydrogen (secondary N) is 1. The molecule has 0 spiro atoms. The Balaban J connectivity index is 1.54. The van der Waals surface area contributed by atoms with Crippen LogP contribution in [0.15, 0.2) is 29.4 Å². The summed E-state index contributed by atoms with van der Waals surface area (Å²) in [6.07, 6.45) is 4.46. The number of hydrogen-bond acceptors (Lipinski definition) is 4. The molecule has 0 aliphatic heterocycles. The summed E-state index contributed by atoms with van der Waals surface area (Å²) in [6.45, 7) is 1.99. The molecule has 4 N–H and O–H groups in total. The summed E-state index contributed by atoms with van der Waals surface area (Å²) in [5.41, 5.74) is 6.75. The zero-order valence-electron chi connectivity index (χ0n) is 12.2. The van der Waals surface area contributed by atoms with Crippen molar-refractivity contribution in [2.45, 2.75) is 25.4 Å². The van der Waals surface area contributed by atoms with Gasteiger partial charge in [-0.25, -0.2) is 0 Å². The van der Waals surface area contributed by atoms with Crippen LogP contribution < -0.4 is 11.1 Å². The maximum Gasteiger partial charge on any atom is 0.188 e. The Morgan fingerprint density at radius 1 is 1.52 bits per heavy atom. The number of aliphatic hydroxyl groups excluding tert-OH is 1. The summed E-state index contributed by atoms with van der Waals surface area (Å²) in [4.78, 5) is 8.33. The van der Waals surface area contributed by atoms with Crippen LogP contribution >= 0.6 is 0 Å². The van der Waals surface area contributed by atoms with Crippen molar-refractivity contribution < 1.29 is 9.84 Å². The maximum atomic E-state index is 9.71. The highest BCUT2D eigenvalue weighted by molar-refractivity contribution is 5.77. The Morgan fingerprint density at radius 2 is 2.38 bits per heavy atom. The zero-order chi connectivity index (χ0) is 14.9. The Hall–Kier alpha value is -1.66. The van der Waals surface area contributed by atoms with E-state index < -0.39 is 6.10 Å². The van der Waals surface area contributed by atoms with Crippen LogP contribution in [-0.2, 0) is 11.2 Å². The molecule has 1 fully saturated rings. The van der Waals surface area contributed by atoms with Gasteiger partial charge in [0.15, 0.2) is 5.96 Å². The quantitative estimate of drug-likeness (QED) is 0.450. The number of nitrogens with zero attached hydrogens (tertiary/aromatic N) is 2. The minimum absolute atomic E-state index is 0.257. The van der Waals surface area contributed by atoms with Crippen molar-refractivity contribution >= 4 is 5.96 Å². The minimum atomic E-state index is -0.597. The first-order valence-corrected chi connectivity index (χ1v) is 7.43. The molecule has 0 saturated heterocycles. The van der Waals surface area contributed by atoms with Gasteiger partial charge in [-0.3, -0.25) is 9.98 Å². The second-order valence-electron chi connectivity index (χ2n) is 5.36. The molecule has 1 atom stereocenters. The monoisotopic (exact) mass is 292 g/mol. The van der Waals surface area contributed by atoms with Crippen LogP contribution in [0.25, 0.3) is 0 Å². The molecule has 21 heavy (non-hydrogen) atoms. The smallest absolute Gasteiger partial charge is 0.188 e. The molecular formula is C15H24N4O2. The van der Waals surface area contributed by atoms with Gasteiger partial charge >= 0.3 is 0 Å². The largest absolute Gasteiger partial charge is 0.389 e. The van der Waals surface area contributed by atoms with Crippen LogP contribution in [0.2, 0.25) is 0 Å². The third-order valence-corrected chi connectivity index (χ3v) is 3.25. The molecule has 2 rings (SSSR count). The van der Waals surface area contributed by atoms with E-state index in [1.807, 2.05) is 18.2 Å². The fourth-order valence-corrected chi connectivity index (χ4v) is 1.83. The van der Waals surface area contributed by atoms with Crippen molar-refractivity contribution in [3.63, 3.8) is 0 Å². The highest BCUT2D eigenvalue weighted by Gasteiger charge is 2.21. The normalized spacial score (nSPS) is 16.7. The predicted octanol–water partition coefficient (Wildman–Crippen LogP) is 0.316. The van der Waals surface area contributed by atoms with Crippen molar-refractivity contribution in [1.82, 2.24) is 10.3 Å². The van der Waals surface area contributed by atoms with Gasteiger partial charge in [0.25, 0.3) is 0 Å². The lowest BCUT2D eigenvalue weighted by Gasteiger charge is -2.10. The second-order valence-corrected chi connectivity index (χ2v) is 5.36. The van der Waals surface area contributed by atoms with E-state index >= 15 is 0 Å². The van der Waals surface area contributed by atoms with E-state index in [-0.39, 0.29) is 6.54 Å². The number of guanidine groups is 1.